The Hall–Kier alpha value is -3.57. The number of hydrogen-bond acceptors (Lipinski definition) is 8. The molecule has 1 N–H and O–H groups in total. The summed E-state index contributed by atoms with van der Waals surface area (Å²) in [5, 5.41) is -0.286. The van der Waals surface area contributed by atoms with Gasteiger partial charge < -0.3 is 14.2 Å². The van der Waals surface area contributed by atoms with E-state index in [-0.39, 0.29) is 31.3 Å². The smallest absolute Gasteiger partial charge is 0.281 e. The molecule has 11 heteroatoms. The lowest BCUT2D eigenvalue weighted by Crippen LogP contribution is -2.32. The van der Waals surface area contributed by atoms with Crippen LogP contribution in [0.1, 0.15) is 39.2 Å². The van der Waals surface area contributed by atoms with E-state index < -0.39 is 21.7 Å². The molecular weight excluding hydrogens is 501 g/mol. The zero-order chi connectivity index (χ0) is 26.6. The summed E-state index contributed by atoms with van der Waals surface area (Å²) in [5.41, 5.74) is 1.12. The standard InChI is InChI=1S/C26H28FN3O6S.2H2/c1-16(2)14-35-21-12-18(11-19(27)13-21)23-8-7-22(26(29-23)36-20-9-10-34-15-20)25(31)30-37(32,33)24-6-4-5-17(3)28-24;;/h4-8,11-13,16,20H,9-10,14-15H2,1-3H3,(H,30,31);2*1H/t20-;;/m1../s1. The van der Waals surface area contributed by atoms with Crippen LogP contribution in [0.2, 0.25) is 0 Å². The number of nitrogens with one attached hydrogen (secondary N) is 1. The largest absolute Gasteiger partial charge is 0.493 e. The maximum Gasteiger partial charge on any atom is 0.281 e. The molecule has 3 heterocycles. The molecule has 200 valence electrons. The molecule has 1 fully saturated rings. The average Bonchev–Trinajstić information content (AvgIpc) is 3.35. The van der Waals surface area contributed by atoms with E-state index in [0.717, 1.165) is 0 Å². The Morgan fingerprint density at radius 3 is 2.73 bits per heavy atom. The van der Waals surface area contributed by atoms with E-state index in [1.165, 1.54) is 36.4 Å². The number of carbonyl (C=O) groups is 1. The molecule has 1 amide bonds. The van der Waals surface area contributed by atoms with Crippen LogP contribution in [-0.4, -0.2) is 50.2 Å². The number of rotatable bonds is 9. The van der Waals surface area contributed by atoms with Gasteiger partial charge in [-0.25, -0.2) is 19.1 Å². The summed E-state index contributed by atoms with van der Waals surface area (Å²) in [4.78, 5) is 21.5. The normalized spacial score (nSPS) is 15.5. The number of carbonyl (C=O) groups excluding carboxylic acids is 1. The number of aromatic nitrogens is 2. The Morgan fingerprint density at radius 2 is 2.03 bits per heavy atom. The van der Waals surface area contributed by atoms with Gasteiger partial charge in [0.1, 0.15) is 23.2 Å². The van der Waals surface area contributed by atoms with Crippen molar-refractivity contribution in [3.8, 4) is 22.9 Å². The first-order chi connectivity index (χ1) is 17.6. The molecule has 4 rings (SSSR count). The lowest BCUT2D eigenvalue weighted by Gasteiger charge is -2.16. The molecule has 9 nitrogen and oxygen atoms in total. The molecule has 1 aromatic carbocycles. The molecule has 1 aliphatic rings. The number of pyridine rings is 2. The highest BCUT2D eigenvalue weighted by atomic mass is 32.2. The summed E-state index contributed by atoms with van der Waals surface area (Å²) in [5.74, 6) is -0.940. The van der Waals surface area contributed by atoms with E-state index >= 15 is 0 Å². The molecule has 1 aliphatic heterocycles. The molecule has 3 aromatic rings. The quantitative estimate of drug-likeness (QED) is 0.430. The minimum Gasteiger partial charge on any atom is -0.493 e. The van der Waals surface area contributed by atoms with Gasteiger partial charge in [0.2, 0.25) is 5.88 Å². The van der Waals surface area contributed by atoms with Crippen LogP contribution in [0.4, 0.5) is 4.39 Å². The summed E-state index contributed by atoms with van der Waals surface area (Å²) in [6.45, 7) is 6.81. The highest BCUT2D eigenvalue weighted by Gasteiger charge is 2.26. The highest BCUT2D eigenvalue weighted by Crippen LogP contribution is 2.29. The van der Waals surface area contributed by atoms with E-state index in [2.05, 4.69) is 9.97 Å². The molecule has 0 saturated carbocycles. The van der Waals surface area contributed by atoms with Gasteiger partial charge in [-0.1, -0.05) is 19.9 Å². The van der Waals surface area contributed by atoms with Crippen LogP contribution in [-0.2, 0) is 14.8 Å². The summed E-state index contributed by atoms with van der Waals surface area (Å²) in [6.07, 6.45) is 0.202. The van der Waals surface area contributed by atoms with Gasteiger partial charge in [-0.3, -0.25) is 4.79 Å². The van der Waals surface area contributed by atoms with Crippen LogP contribution in [0, 0.1) is 18.7 Å². The first-order valence-corrected chi connectivity index (χ1v) is 13.3. The van der Waals surface area contributed by atoms with Crippen LogP contribution in [0.3, 0.4) is 0 Å². The van der Waals surface area contributed by atoms with Gasteiger partial charge in [-0.15, -0.1) is 0 Å². The van der Waals surface area contributed by atoms with Crippen molar-refractivity contribution in [2.45, 2.75) is 38.3 Å². The van der Waals surface area contributed by atoms with E-state index in [0.29, 0.717) is 48.9 Å². The SMILES string of the molecule is Cc1cccc(S(=O)(=O)NC(=O)c2ccc(-c3cc(F)cc(OCC(C)C)c3)nc2O[C@@H]2CCOC2)n1.[HH].[HH]. The fourth-order valence-corrected chi connectivity index (χ4v) is 4.56. The molecule has 2 aromatic heterocycles. The van der Waals surface area contributed by atoms with Crippen LogP contribution >= 0.6 is 0 Å². The summed E-state index contributed by atoms with van der Waals surface area (Å²) >= 11 is 0. The van der Waals surface area contributed by atoms with Gasteiger partial charge in [0.15, 0.2) is 5.03 Å². The number of amides is 1. The summed E-state index contributed by atoms with van der Waals surface area (Å²) < 4.78 is 58.9. The number of aryl methyl sites for hydroxylation is 1. The predicted molar refractivity (Wildman–Crippen MR) is 138 cm³/mol. The van der Waals surface area contributed by atoms with E-state index in [1.807, 2.05) is 18.6 Å². The molecule has 0 spiro atoms. The van der Waals surface area contributed by atoms with Crippen molar-refractivity contribution in [3.05, 3.63) is 65.6 Å². The number of nitrogens with zero attached hydrogens (tertiary/aromatic N) is 2. The van der Waals surface area contributed by atoms with Gasteiger partial charge in [-0.05, 0) is 49.2 Å². The fraction of sp³-hybridized carbons (Fsp3) is 0.346. The van der Waals surface area contributed by atoms with Crippen LogP contribution in [0.25, 0.3) is 11.3 Å². The molecule has 0 bridgehead atoms. The van der Waals surface area contributed by atoms with Gasteiger partial charge >= 0.3 is 0 Å². The first-order valence-electron chi connectivity index (χ1n) is 11.8. The molecule has 1 saturated heterocycles. The molecule has 0 aliphatic carbocycles. The predicted octanol–water partition coefficient (Wildman–Crippen LogP) is 4.40. The van der Waals surface area contributed by atoms with Gasteiger partial charge in [0, 0.05) is 26.6 Å². The Bertz CT molecular complexity index is 1400. The van der Waals surface area contributed by atoms with Crippen LogP contribution < -0.4 is 14.2 Å². The zero-order valence-electron chi connectivity index (χ0n) is 20.7. The zero-order valence-corrected chi connectivity index (χ0v) is 21.5. The second-order valence-electron chi connectivity index (χ2n) is 9.08. The summed E-state index contributed by atoms with van der Waals surface area (Å²) in [6, 6.07) is 11.6. The lowest BCUT2D eigenvalue weighted by atomic mass is 10.1. The molecular formula is C26H32FN3O6S. The monoisotopic (exact) mass is 533 g/mol. The van der Waals surface area contributed by atoms with Crippen molar-refractivity contribution in [3.63, 3.8) is 0 Å². The number of hydrogen-bond donors (Lipinski definition) is 1. The van der Waals surface area contributed by atoms with Crippen LogP contribution in [0.5, 0.6) is 11.6 Å². The third-order valence-corrected chi connectivity index (χ3v) is 6.62. The van der Waals surface area contributed by atoms with Crippen molar-refractivity contribution in [1.29, 1.82) is 0 Å². The topological polar surface area (TPSA) is 117 Å². The van der Waals surface area contributed by atoms with Crippen molar-refractivity contribution in [1.82, 2.24) is 14.7 Å². The van der Waals surface area contributed by atoms with Crippen molar-refractivity contribution in [2.75, 3.05) is 19.8 Å². The third-order valence-electron chi connectivity index (χ3n) is 5.39. The van der Waals surface area contributed by atoms with E-state index in [1.54, 1.807) is 19.1 Å². The van der Waals surface area contributed by atoms with E-state index in [9.17, 15) is 17.6 Å². The first kappa shape index (κ1) is 26.5. The minimum atomic E-state index is -4.25. The van der Waals surface area contributed by atoms with Gasteiger partial charge in [0.25, 0.3) is 15.9 Å². The van der Waals surface area contributed by atoms with Crippen molar-refractivity contribution >= 4 is 15.9 Å². The third kappa shape index (κ3) is 6.80. The molecule has 37 heavy (non-hydrogen) atoms. The molecule has 0 radical (unpaired) electrons. The second-order valence-corrected chi connectivity index (χ2v) is 10.7. The van der Waals surface area contributed by atoms with Crippen molar-refractivity contribution in [2.24, 2.45) is 5.92 Å². The fourth-order valence-electron chi connectivity index (χ4n) is 3.58. The average molecular weight is 534 g/mol. The van der Waals surface area contributed by atoms with Crippen LogP contribution in [0.15, 0.2) is 53.6 Å². The molecule has 0 unspecified atom stereocenters. The minimum absolute atomic E-state index is 0. The van der Waals surface area contributed by atoms with Crippen molar-refractivity contribution < 1.29 is 34.7 Å². The number of ether oxygens (including phenoxy) is 3. The Balaban J connectivity index is 0.00000267. The van der Waals surface area contributed by atoms with E-state index in [4.69, 9.17) is 14.2 Å². The lowest BCUT2D eigenvalue weighted by molar-refractivity contribution is 0.0968. The number of benzene rings is 1. The second kappa shape index (κ2) is 11.2. The summed E-state index contributed by atoms with van der Waals surface area (Å²) in [7, 11) is -4.25. The number of sulfonamides is 1. The Kier molecular flexibility index (Phi) is 8.03. The number of halogens is 1. The maximum atomic E-state index is 14.4. The maximum absolute atomic E-state index is 14.4. The van der Waals surface area contributed by atoms with Gasteiger partial charge in [-0.2, -0.15) is 8.42 Å². The highest BCUT2D eigenvalue weighted by molar-refractivity contribution is 7.90. The Labute approximate surface area is 218 Å². The molecule has 1 atom stereocenters. The van der Waals surface area contributed by atoms with Gasteiger partial charge in [0.05, 0.1) is 25.5 Å². The Morgan fingerprint density at radius 1 is 1.22 bits per heavy atom.